The molecule has 7 heteroatoms. The van der Waals surface area contributed by atoms with Gasteiger partial charge in [0.25, 0.3) is 5.91 Å². The van der Waals surface area contributed by atoms with E-state index in [4.69, 9.17) is 14.6 Å². The van der Waals surface area contributed by atoms with Crippen LogP contribution in [0.5, 0.6) is 11.5 Å². The first-order chi connectivity index (χ1) is 15.5. The number of hydrogen-bond acceptors (Lipinski definition) is 5. The van der Waals surface area contributed by atoms with E-state index in [9.17, 15) is 14.9 Å². The van der Waals surface area contributed by atoms with Gasteiger partial charge in [-0.2, -0.15) is 5.26 Å². The first-order valence-corrected chi connectivity index (χ1v) is 9.61. The average molecular weight is 428 g/mol. The van der Waals surface area contributed by atoms with E-state index in [2.05, 4.69) is 5.32 Å². The Morgan fingerprint density at radius 1 is 1.03 bits per heavy atom. The quantitative estimate of drug-likeness (QED) is 0.403. The van der Waals surface area contributed by atoms with Crippen molar-refractivity contribution in [1.82, 2.24) is 0 Å². The van der Waals surface area contributed by atoms with Crippen LogP contribution in [-0.4, -0.2) is 24.1 Å². The summed E-state index contributed by atoms with van der Waals surface area (Å²) >= 11 is 0. The maximum absolute atomic E-state index is 12.4. The third-order valence-corrected chi connectivity index (χ3v) is 4.46. The molecule has 1 amide bonds. The number of anilines is 1. The summed E-state index contributed by atoms with van der Waals surface area (Å²) in [6, 6.07) is 22.1. The second kappa shape index (κ2) is 10.5. The molecule has 160 valence electrons. The maximum Gasteiger partial charge on any atom is 0.335 e. The van der Waals surface area contributed by atoms with Crippen molar-refractivity contribution >= 4 is 23.6 Å². The predicted molar refractivity (Wildman–Crippen MR) is 119 cm³/mol. The number of nitrogens with zero attached hydrogens (tertiary/aromatic N) is 1. The number of carboxylic acids is 1. The third kappa shape index (κ3) is 5.97. The van der Waals surface area contributed by atoms with E-state index in [1.54, 1.807) is 66.7 Å². The number of ether oxygens (including phenoxy) is 2. The average Bonchev–Trinajstić information content (AvgIpc) is 2.82. The highest BCUT2D eigenvalue weighted by Gasteiger charge is 2.10. The molecular formula is C25H20N2O5. The Balaban J connectivity index is 1.64. The molecule has 0 aliphatic carbocycles. The smallest absolute Gasteiger partial charge is 0.335 e. The van der Waals surface area contributed by atoms with Gasteiger partial charge in [0.15, 0.2) is 0 Å². The SMILES string of the molecule is COc1cccc(NC(=O)/C(C#N)=C/c2ccc(OCc3cccc(C(=O)O)c3)cc2)c1. The van der Waals surface area contributed by atoms with E-state index in [-0.39, 0.29) is 17.7 Å². The van der Waals surface area contributed by atoms with Gasteiger partial charge in [-0.25, -0.2) is 4.79 Å². The monoisotopic (exact) mass is 428 g/mol. The van der Waals surface area contributed by atoms with Crippen molar-refractivity contribution < 1.29 is 24.2 Å². The number of benzene rings is 3. The molecule has 0 aromatic heterocycles. The van der Waals surface area contributed by atoms with Gasteiger partial charge in [0, 0.05) is 11.8 Å². The minimum absolute atomic E-state index is 0.0491. The van der Waals surface area contributed by atoms with Crippen molar-refractivity contribution in [2.24, 2.45) is 0 Å². The third-order valence-electron chi connectivity index (χ3n) is 4.46. The van der Waals surface area contributed by atoms with Crippen molar-refractivity contribution in [3.63, 3.8) is 0 Å². The van der Waals surface area contributed by atoms with E-state index in [1.165, 1.54) is 19.3 Å². The number of amides is 1. The van der Waals surface area contributed by atoms with Gasteiger partial charge in [0.05, 0.1) is 12.7 Å². The van der Waals surface area contributed by atoms with E-state index in [0.717, 1.165) is 5.56 Å². The molecule has 0 bridgehead atoms. The lowest BCUT2D eigenvalue weighted by atomic mass is 10.1. The summed E-state index contributed by atoms with van der Waals surface area (Å²) in [5.74, 6) is -0.358. The molecule has 0 aliphatic rings. The summed E-state index contributed by atoms with van der Waals surface area (Å²) in [6.45, 7) is 0.211. The van der Waals surface area contributed by atoms with Crippen molar-refractivity contribution in [2.45, 2.75) is 6.61 Å². The van der Waals surface area contributed by atoms with Gasteiger partial charge in [-0.15, -0.1) is 0 Å². The molecular weight excluding hydrogens is 408 g/mol. The molecule has 0 aliphatic heterocycles. The van der Waals surface area contributed by atoms with Crippen LogP contribution in [0.25, 0.3) is 6.08 Å². The number of carboxylic acid groups (broad SMARTS) is 1. The highest BCUT2D eigenvalue weighted by atomic mass is 16.5. The van der Waals surface area contributed by atoms with Gasteiger partial charge in [0.2, 0.25) is 0 Å². The lowest BCUT2D eigenvalue weighted by molar-refractivity contribution is -0.112. The van der Waals surface area contributed by atoms with Crippen LogP contribution >= 0.6 is 0 Å². The predicted octanol–water partition coefficient (Wildman–Crippen LogP) is 4.52. The number of carbonyl (C=O) groups excluding carboxylic acids is 1. The van der Waals surface area contributed by atoms with Gasteiger partial charge in [0.1, 0.15) is 29.7 Å². The van der Waals surface area contributed by atoms with Crippen LogP contribution in [0.3, 0.4) is 0 Å². The second-order valence-corrected chi connectivity index (χ2v) is 6.72. The molecule has 3 aromatic carbocycles. The van der Waals surface area contributed by atoms with Crippen molar-refractivity contribution in [3.05, 3.63) is 95.1 Å². The van der Waals surface area contributed by atoms with Gasteiger partial charge in [-0.05, 0) is 53.6 Å². The van der Waals surface area contributed by atoms with E-state index >= 15 is 0 Å². The Morgan fingerprint density at radius 2 is 1.78 bits per heavy atom. The normalized spacial score (nSPS) is 10.7. The number of nitrogens with one attached hydrogen (secondary N) is 1. The fourth-order valence-electron chi connectivity index (χ4n) is 2.84. The molecule has 3 rings (SSSR count). The number of rotatable bonds is 8. The molecule has 0 saturated heterocycles. The van der Waals surface area contributed by atoms with Crippen molar-refractivity contribution in [3.8, 4) is 17.6 Å². The van der Waals surface area contributed by atoms with Crippen LogP contribution in [0, 0.1) is 11.3 Å². The highest BCUT2D eigenvalue weighted by Crippen LogP contribution is 2.19. The van der Waals surface area contributed by atoms with E-state index in [0.29, 0.717) is 22.7 Å². The van der Waals surface area contributed by atoms with Gasteiger partial charge in [-0.3, -0.25) is 4.79 Å². The zero-order valence-electron chi connectivity index (χ0n) is 17.2. The molecule has 7 nitrogen and oxygen atoms in total. The fourth-order valence-corrected chi connectivity index (χ4v) is 2.84. The Kier molecular flexibility index (Phi) is 7.23. The Hall–Kier alpha value is -4.57. The maximum atomic E-state index is 12.4. The molecule has 2 N–H and O–H groups in total. The van der Waals surface area contributed by atoms with Gasteiger partial charge < -0.3 is 19.9 Å². The molecule has 0 saturated carbocycles. The molecule has 0 fully saturated rings. The van der Waals surface area contributed by atoms with Crippen LogP contribution in [0.15, 0.2) is 78.4 Å². The van der Waals surface area contributed by atoms with Crippen LogP contribution < -0.4 is 14.8 Å². The molecule has 0 radical (unpaired) electrons. The Bertz CT molecular complexity index is 1190. The summed E-state index contributed by atoms with van der Waals surface area (Å²) in [4.78, 5) is 23.5. The van der Waals surface area contributed by atoms with Gasteiger partial charge >= 0.3 is 5.97 Å². The van der Waals surface area contributed by atoms with Crippen LogP contribution in [-0.2, 0) is 11.4 Å². The summed E-state index contributed by atoms with van der Waals surface area (Å²) in [6.07, 6.45) is 1.48. The first-order valence-electron chi connectivity index (χ1n) is 9.61. The van der Waals surface area contributed by atoms with Crippen LogP contribution in [0.1, 0.15) is 21.5 Å². The zero-order chi connectivity index (χ0) is 22.9. The Morgan fingerprint density at radius 3 is 2.47 bits per heavy atom. The number of nitriles is 1. The van der Waals surface area contributed by atoms with Gasteiger partial charge in [-0.1, -0.05) is 30.3 Å². The molecule has 0 spiro atoms. The summed E-state index contributed by atoms with van der Waals surface area (Å²) in [5.41, 5.74) is 2.05. The molecule has 0 atom stereocenters. The van der Waals surface area contributed by atoms with Crippen molar-refractivity contribution in [2.75, 3.05) is 12.4 Å². The highest BCUT2D eigenvalue weighted by molar-refractivity contribution is 6.09. The van der Waals surface area contributed by atoms with Crippen LogP contribution in [0.2, 0.25) is 0 Å². The largest absolute Gasteiger partial charge is 0.497 e. The molecule has 3 aromatic rings. The van der Waals surface area contributed by atoms with E-state index in [1.807, 2.05) is 6.07 Å². The van der Waals surface area contributed by atoms with Crippen molar-refractivity contribution in [1.29, 1.82) is 5.26 Å². The molecule has 0 heterocycles. The number of methoxy groups -OCH3 is 1. The molecule has 32 heavy (non-hydrogen) atoms. The number of hydrogen-bond donors (Lipinski definition) is 2. The topological polar surface area (TPSA) is 109 Å². The molecule has 0 unspecified atom stereocenters. The van der Waals surface area contributed by atoms with E-state index < -0.39 is 11.9 Å². The number of aromatic carboxylic acids is 1. The summed E-state index contributed by atoms with van der Waals surface area (Å²) in [5, 5.41) is 21.1. The minimum Gasteiger partial charge on any atom is -0.497 e. The standard InChI is InChI=1S/C25H20N2O5/c1-31-23-7-3-6-21(14-23)27-24(28)20(15-26)12-17-8-10-22(11-9-17)32-16-18-4-2-5-19(13-18)25(29)30/h2-14H,16H2,1H3,(H,27,28)(H,29,30)/b20-12+. The minimum atomic E-state index is -0.994. The number of carbonyl (C=O) groups is 2. The first kappa shape index (κ1) is 22.1. The lowest BCUT2D eigenvalue weighted by Crippen LogP contribution is -2.13. The summed E-state index contributed by atoms with van der Waals surface area (Å²) in [7, 11) is 1.53. The lowest BCUT2D eigenvalue weighted by Gasteiger charge is -2.08. The van der Waals surface area contributed by atoms with Crippen LogP contribution in [0.4, 0.5) is 5.69 Å². The fraction of sp³-hybridized carbons (Fsp3) is 0.0800. The zero-order valence-corrected chi connectivity index (χ0v) is 17.2. The summed E-state index contributed by atoms with van der Waals surface area (Å²) < 4.78 is 10.8. The second-order valence-electron chi connectivity index (χ2n) is 6.72. The Labute approximate surface area is 185 Å².